The van der Waals surface area contributed by atoms with E-state index >= 15 is 0 Å². The molecule has 0 radical (unpaired) electrons. The first-order valence-electron chi connectivity index (χ1n) is 5.49. The van der Waals surface area contributed by atoms with Crippen LogP contribution in [0.3, 0.4) is 0 Å². The molecule has 1 fully saturated rings. The number of anilines is 1. The Morgan fingerprint density at radius 3 is 2.81 bits per heavy atom. The SMILES string of the molecule is Nc1cccc(Br)c1CSC1CCOCC1. The first-order chi connectivity index (χ1) is 7.77. The number of nitrogens with two attached hydrogens (primary N) is 1. The summed E-state index contributed by atoms with van der Waals surface area (Å²) < 4.78 is 6.47. The summed E-state index contributed by atoms with van der Waals surface area (Å²) >= 11 is 5.54. The molecule has 1 aliphatic heterocycles. The van der Waals surface area contributed by atoms with Gasteiger partial charge in [-0.1, -0.05) is 22.0 Å². The second-order valence-electron chi connectivity index (χ2n) is 3.93. The van der Waals surface area contributed by atoms with Gasteiger partial charge >= 0.3 is 0 Å². The predicted octanol–water partition coefficient (Wildman–Crippen LogP) is 3.44. The van der Waals surface area contributed by atoms with Crippen LogP contribution in [-0.2, 0) is 10.5 Å². The van der Waals surface area contributed by atoms with E-state index in [1.165, 1.54) is 5.56 Å². The lowest BCUT2D eigenvalue weighted by molar-refractivity contribution is 0.1000. The lowest BCUT2D eigenvalue weighted by atomic mass is 10.2. The van der Waals surface area contributed by atoms with Gasteiger partial charge in [-0.3, -0.25) is 0 Å². The fourth-order valence-corrected chi connectivity index (χ4v) is 3.73. The third-order valence-electron chi connectivity index (χ3n) is 2.79. The summed E-state index contributed by atoms with van der Waals surface area (Å²) in [5.74, 6) is 0.984. The van der Waals surface area contributed by atoms with E-state index in [9.17, 15) is 0 Å². The Bertz CT molecular complexity index is 333. The maximum absolute atomic E-state index is 5.97. The van der Waals surface area contributed by atoms with Gasteiger partial charge in [0.05, 0.1) is 0 Å². The number of hydrogen-bond acceptors (Lipinski definition) is 3. The first kappa shape index (κ1) is 12.3. The molecule has 0 saturated carbocycles. The van der Waals surface area contributed by atoms with E-state index in [0.717, 1.165) is 47.2 Å². The highest BCUT2D eigenvalue weighted by Gasteiger charge is 2.15. The van der Waals surface area contributed by atoms with Gasteiger partial charge in [0.25, 0.3) is 0 Å². The molecule has 0 bridgehead atoms. The van der Waals surface area contributed by atoms with Gasteiger partial charge in [0.15, 0.2) is 0 Å². The third-order valence-corrected chi connectivity index (χ3v) is 4.93. The Morgan fingerprint density at radius 2 is 2.12 bits per heavy atom. The van der Waals surface area contributed by atoms with Crippen LogP contribution in [0.4, 0.5) is 5.69 Å². The highest BCUT2D eigenvalue weighted by atomic mass is 79.9. The van der Waals surface area contributed by atoms with Crippen LogP contribution >= 0.6 is 27.7 Å². The molecule has 1 saturated heterocycles. The van der Waals surface area contributed by atoms with Crippen LogP contribution in [0.1, 0.15) is 18.4 Å². The number of rotatable bonds is 3. The second-order valence-corrected chi connectivity index (χ2v) is 6.07. The van der Waals surface area contributed by atoms with Gasteiger partial charge in [-0.2, -0.15) is 11.8 Å². The lowest BCUT2D eigenvalue weighted by Gasteiger charge is -2.21. The van der Waals surface area contributed by atoms with E-state index in [1.807, 2.05) is 23.9 Å². The van der Waals surface area contributed by atoms with Crippen molar-refractivity contribution in [3.8, 4) is 0 Å². The van der Waals surface area contributed by atoms with Gasteiger partial charge in [0, 0.05) is 34.4 Å². The van der Waals surface area contributed by atoms with Crippen LogP contribution in [0.5, 0.6) is 0 Å². The molecule has 2 rings (SSSR count). The zero-order valence-corrected chi connectivity index (χ0v) is 11.5. The van der Waals surface area contributed by atoms with Gasteiger partial charge in [0.1, 0.15) is 0 Å². The molecular formula is C12H16BrNOS. The van der Waals surface area contributed by atoms with E-state index in [2.05, 4.69) is 22.0 Å². The monoisotopic (exact) mass is 301 g/mol. The summed E-state index contributed by atoms with van der Waals surface area (Å²) in [4.78, 5) is 0. The van der Waals surface area contributed by atoms with E-state index < -0.39 is 0 Å². The van der Waals surface area contributed by atoms with Crippen molar-refractivity contribution in [2.24, 2.45) is 0 Å². The Labute approximate surface area is 109 Å². The van der Waals surface area contributed by atoms with Crippen molar-refractivity contribution in [1.29, 1.82) is 0 Å². The highest BCUT2D eigenvalue weighted by Crippen LogP contribution is 2.31. The minimum Gasteiger partial charge on any atom is -0.398 e. The molecule has 88 valence electrons. The summed E-state index contributed by atoms with van der Waals surface area (Å²) in [6.07, 6.45) is 2.32. The minimum atomic E-state index is 0.722. The van der Waals surface area contributed by atoms with Crippen molar-refractivity contribution in [2.45, 2.75) is 23.8 Å². The van der Waals surface area contributed by atoms with Gasteiger partial charge in [0.2, 0.25) is 0 Å². The van der Waals surface area contributed by atoms with E-state index in [-0.39, 0.29) is 0 Å². The predicted molar refractivity (Wildman–Crippen MR) is 73.7 cm³/mol. The molecule has 0 spiro atoms. The Morgan fingerprint density at radius 1 is 1.38 bits per heavy atom. The van der Waals surface area contributed by atoms with Gasteiger partial charge in [-0.15, -0.1) is 0 Å². The van der Waals surface area contributed by atoms with E-state index in [1.54, 1.807) is 0 Å². The number of ether oxygens (including phenoxy) is 1. The molecular weight excluding hydrogens is 286 g/mol. The first-order valence-corrected chi connectivity index (χ1v) is 7.34. The van der Waals surface area contributed by atoms with Crippen molar-refractivity contribution in [3.63, 3.8) is 0 Å². The Kier molecular flexibility index (Phi) is 4.55. The number of thioether (sulfide) groups is 1. The lowest BCUT2D eigenvalue weighted by Crippen LogP contribution is -2.17. The second kappa shape index (κ2) is 5.94. The molecule has 2 nitrogen and oxygen atoms in total. The van der Waals surface area contributed by atoms with Gasteiger partial charge in [-0.25, -0.2) is 0 Å². The summed E-state index contributed by atoms with van der Waals surface area (Å²) in [5, 5.41) is 0.722. The van der Waals surface area contributed by atoms with Crippen LogP contribution in [0, 0.1) is 0 Å². The van der Waals surface area contributed by atoms with Crippen molar-refractivity contribution in [1.82, 2.24) is 0 Å². The Balaban J connectivity index is 1.93. The zero-order chi connectivity index (χ0) is 11.4. The van der Waals surface area contributed by atoms with Crippen LogP contribution in [0.25, 0.3) is 0 Å². The van der Waals surface area contributed by atoms with Crippen LogP contribution in [0.15, 0.2) is 22.7 Å². The Hall–Kier alpha value is -0.190. The molecule has 0 amide bonds. The molecule has 4 heteroatoms. The van der Waals surface area contributed by atoms with Gasteiger partial charge < -0.3 is 10.5 Å². The molecule has 0 aliphatic carbocycles. The summed E-state index contributed by atoms with van der Waals surface area (Å²) in [5.41, 5.74) is 8.07. The van der Waals surface area contributed by atoms with Gasteiger partial charge in [-0.05, 0) is 30.5 Å². The highest BCUT2D eigenvalue weighted by molar-refractivity contribution is 9.10. The van der Waals surface area contributed by atoms with E-state index in [4.69, 9.17) is 10.5 Å². The molecule has 1 aliphatic rings. The van der Waals surface area contributed by atoms with Crippen molar-refractivity contribution in [2.75, 3.05) is 18.9 Å². The summed E-state index contributed by atoms with van der Waals surface area (Å²) in [7, 11) is 0. The van der Waals surface area contributed by atoms with Crippen molar-refractivity contribution >= 4 is 33.4 Å². The molecule has 1 aromatic carbocycles. The fourth-order valence-electron chi connectivity index (χ4n) is 1.77. The van der Waals surface area contributed by atoms with Crippen LogP contribution < -0.4 is 5.73 Å². The van der Waals surface area contributed by atoms with Crippen molar-refractivity contribution < 1.29 is 4.74 Å². The number of benzene rings is 1. The zero-order valence-electron chi connectivity index (χ0n) is 9.12. The molecule has 1 aromatic rings. The fraction of sp³-hybridized carbons (Fsp3) is 0.500. The van der Waals surface area contributed by atoms with Crippen molar-refractivity contribution in [3.05, 3.63) is 28.2 Å². The number of nitrogen functional groups attached to an aromatic ring is 1. The van der Waals surface area contributed by atoms with Crippen LogP contribution in [-0.4, -0.2) is 18.5 Å². The molecule has 16 heavy (non-hydrogen) atoms. The topological polar surface area (TPSA) is 35.2 Å². The quantitative estimate of drug-likeness (QED) is 0.869. The summed E-state index contributed by atoms with van der Waals surface area (Å²) in [6, 6.07) is 5.99. The maximum Gasteiger partial charge on any atom is 0.0476 e. The maximum atomic E-state index is 5.97. The summed E-state index contributed by atoms with van der Waals surface area (Å²) in [6.45, 7) is 1.81. The number of halogens is 1. The third kappa shape index (κ3) is 3.15. The standard InChI is InChI=1S/C12H16BrNOS/c13-11-2-1-3-12(14)10(11)8-16-9-4-6-15-7-5-9/h1-3,9H,4-8,14H2. The molecule has 0 aromatic heterocycles. The largest absolute Gasteiger partial charge is 0.398 e. The molecule has 0 unspecified atom stereocenters. The number of hydrogen-bond donors (Lipinski definition) is 1. The van der Waals surface area contributed by atoms with E-state index in [0.29, 0.717) is 0 Å². The average Bonchev–Trinajstić information content (AvgIpc) is 2.30. The molecule has 0 atom stereocenters. The normalized spacial score (nSPS) is 17.6. The smallest absolute Gasteiger partial charge is 0.0476 e. The molecule has 1 heterocycles. The molecule has 2 N–H and O–H groups in total. The minimum absolute atomic E-state index is 0.722. The average molecular weight is 302 g/mol. The van der Waals surface area contributed by atoms with Crippen LogP contribution in [0.2, 0.25) is 0 Å².